The minimum absolute atomic E-state index is 0.148. The second kappa shape index (κ2) is 10.3. The zero-order chi connectivity index (χ0) is 21.5. The van der Waals surface area contributed by atoms with E-state index in [0.29, 0.717) is 34.2 Å². The van der Waals surface area contributed by atoms with Crippen LogP contribution in [0.2, 0.25) is 0 Å². The van der Waals surface area contributed by atoms with Gasteiger partial charge in [0.25, 0.3) is 0 Å². The summed E-state index contributed by atoms with van der Waals surface area (Å²) < 4.78 is 13.1. The fourth-order valence-electron chi connectivity index (χ4n) is 2.64. The van der Waals surface area contributed by atoms with Crippen molar-refractivity contribution in [3.63, 3.8) is 0 Å². The Labute approximate surface area is 183 Å². The van der Waals surface area contributed by atoms with Crippen LogP contribution in [0.25, 0.3) is 0 Å². The van der Waals surface area contributed by atoms with E-state index in [1.807, 2.05) is 48.1 Å². The van der Waals surface area contributed by atoms with Crippen LogP contribution >= 0.6 is 23.1 Å². The number of aryl methyl sites for hydroxylation is 1. The molecule has 1 aromatic carbocycles. The van der Waals surface area contributed by atoms with E-state index in [0.717, 1.165) is 5.69 Å². The third-order valence-electron chi connectivity index (χ3n) is 3.97. The molecule has 0 aliphatic rings. The van der Waals surface area contributed by atoms with Crippen LogP contribution in [-0.4, -0.2) is 38.5 Å². The largest absolute Gasteiger partial charge is 0.497 e. The molecule has 1 unspecified atom stereocenters. The van der Waals surface area contributed by atoms with Gasteiger partial charge >= 0.3 is 0 Å². The molecule has 1 atom stereocenters. The van der Waals surface area contributed by atoms with Crippen LogP contribution in [0.15, 0.2) is 47.5 Å². The smallest absolute Gasteiger partial charge is 0.236 e. The lowest BCUT2D eigenvalue weighted by molar-refractivity contribution is -0.113. The molecule has 158 valence electrons. The third kappa shape index (κ3) is 5.61. The van der Waals surface area contributed by atoms with Gasteiger partial charge in [0.15, 0.2) is 22.2 Å². The van der Waals surface area contributed by atoms with Gasteiger partial charge in [-0.2, -0.15) is 0 Å². The van der Waals surface area contributed by atoms with Gasteiger partial charge < -0.3 is 14.8 Å². The summed E-state index contributed by atoms with van der Waals surface area (Å²) in [7, 11) is 1.61. The van der Waals surface area contributed by atoms with Crippen LogP contribution in [0, 0.1) is 6.92 Å². The molecule has 1 amide bonds. The number of nitrogens with zero attached hydrogens (tertiary/aromatic N) is 4. The summed E-state index contributed by atoms with van der Waals surface area (Å²) in [5.74, 6) is 2.08. The van der Waals surface area contributed by atoms with Gasteiger partial charge in [-0.3, -0.25) is 9.36 Å². The molecular weight excluding hydrogens is 422 g/mol. The molecule has 30 heavy (non-hydrogen) atoms. The Morgan fingerprint density at radius 1 is 1.40 bits per heavy atom. The van der Waals surface area contributed by atoms with Crippen molar-refractivity contribution < 1.29 is 14.3 Å². The van der Waals surface area contributed by atoms with Crippen LogP contribution in [0.4, 0.5) is 5.13 Å². The summed E-state index contributed by atoms with van der Waals surface area (Å²) in [6.45, 7) is 8.09. The van der Waals surface area contributed by atoms with Crippen molar-refractivity contribution in [3.8, 4) is 11.5 Å². The number of anilines is 1. The number of nitrogens with one attached hydrogen (secondary N) is 1. The maximum atomic E-state index is 12.2. The van der Waals surface area contributed by atoms with Crippen molar-refractivity contribution in [1.29, 1.82) is 0 Å². The molecule has 0 aliphatic heterocycles. The number of thioether (sulfide) groups is 1. The van der Waals surface area contributed by atoms with Crippen LogP contribution in [-0.2, 0) is 11.3 Å². The summed E-state index contributed by atoms with van der Waals surface area (Å²) in [6, 6.07) is 7.38. The van der Waals surface area contributed by atoms with Gasteiger partial charge in [-0.1, -0.05) is 23.9 Å². The summed E-state index contributed by atoms with van der Waals surface area (Å²) in [5, 5.41) is 14.4. The highest BCUT2D eigenvalue weighted by molar-refractivity contribution is 7.99. The molecular formula is C20H23N5O3S2. The zero-order valence-electron chi connectivity index (χ0n) is 17.0. The van der Waals surface area contributed by atoms with Crippen LogP contribution in [0.5, 0.6) is 11.5 Å². The van der Waals surface area contributed by atoms with Gasteiger partial charge in [0, 0.05) is 18.0 Å². The summed E-state index contributed by atoms with van der Waals surface area (Å²) in [5.41, 5.74) is 0.878. The van der Waals surface area contributed by atoms with Gasteiger partial charge in [-0.15, -0.1) is 28.1 Å². The summed E-state index contributed by atoms with van der Waals surface area (Å²) in [6.07, 6.45) is 1.40. The van der Waals surface area contributed by atoms with E-state index >= 15 is 0 Å². The topological polar surface area (TPSA) is 91.2 Å². The Kier molecular flexibility index (Phi) is 7.47. The van der Waals surface area contributed by atoms with E-state index in [1.165, 1.54) is 23.1 Å². The average Bonchev–Trinajstić information content (AvgIpc) is 3.32. The van der Waals surface area contributed by atoms with Gasteiger partial charge in [-0.25, -0.2) is 4.98 Å². The highest BCUT2D eigenvalue weighted by Gasteiger charge is 2.20. The maximum absolute atomic E-state index is 12.2. The highest BCUT2D eigenvalue weighted by atomic mass is 32.2. The van der Waals surface area contributed by atoms with Crippen LogP contribution < -0.4 is 14.8 Å². The lowest BCUT2D eigenvalue weighted by Gasteiger charge is -2.16. The number of hydrogen-bond acceptors (Lipinski definition) is 8. The molecule has 1 N–H and O–H groups in total. The Hall–Kier alpha value is -2.85. The predicted octanol–water partition coefficient (Wildman–Crippen LogP) is 4.11. The van der Waals surface area contributed by atoms with E-state index in [-0.39, 0.29) is 17.8 Å². The first-order valence-corrected chi connectivity index (χ1v) is 11.1. The second-order valence-electron chi connectivity index (χ2n) is 6.31. The molecule has 0 aliphatic carbocycles. The summed E-state index contributed by atoms with van der Waals surface area (Å²) in [4.78, 5) is 16.5. The molecule has 0 bridgehead atoms. The Bertz CT molecular complexity index is 1020. The Balaban J connectivity index is 1.67. The second-order valence-corrected chi connectivity index (χ2v) is 8.11. The first kappa shape index (κ1) is 21.8. The SMILES string of the molecule is C=CCn1c(SCC(=O)Nc2nc(C)cs2)nnc1C(C)Oc1cccc(OC)c1. The van der Waals surface area contributed by atoms with E-state index in [2.05, 4.69) is 27.1 Å². The number of benzene rings is 1. The quantitative estimate of drug-likeness (QED) is 0.371. The molecule has 0 fully saturated rings. The molecule has 3 rings (SSSR count). The van der Waals surface area contributed by atoms with Crippen molar-refractivity contribution >= 4 is 34.1 Å². The van der Waals surface area contributed by atoms with Gasteiger partial charge in [0.05, 0.1) is 18.6 Å². The fraction of sp³-hybridized carbons (Fsp3) is 0.300. The lowest BCUT2D eigenvalue weighted by Crippen LogP contribution is -2.15. The molecule has 0 saturated heterocycles. The molecule has 3 aromatic rings. The standard InChI is InChI=1S/C20H23N5O3S2/c1-5-9-25-18(14(3)28-16-8-6-7-15(10-16)27-4)23-24-20(25)30-12-17(26)22-19-21-13(2)11-29-19/h5-8,10-11,14H,1,9,12H2,2-4H3,(H,21,22,26). The fourth-order valence-corrected chi connectivity index (χ4v) is 4.10. The molecule has 0 spiro atoms. The number of ether oxygens (including phenoxy) is 2. The number of thiazole rings is 1. The number of aromatic nitrogens is 4. The number of methoxy groups -OCH3 is 1. The number of rotatable bonds is 10. The van der Waals surface area contributed by atoms with Gasteiger partial charge in [-0.05, 0) is 26.0 Å². The van der Waals surface area contributed by atoms with E-state index in [4.69, 9.17) is 9.47 Å². The number of allylic oxidation sites excluding steroid dienone is 1. The molecule has 0 saturated carbocycles. The zero-order valence-corrected chi connectivity index (χ0v) is 18.6. The van der Waals surface area contributed by atoms with E-state index in [9.17, 15) is 4.79 Å². The number of carbonyl (C=O) groups excluding carboxylic acids is 1. The lowest BCUT2D eigenvalue weighted by atomic mass is 10.3. The highest BCUT2D eigenvalue weighted by Crippen LogP contribution is 2.27. The normalized spacial score (nSPS) is 11.7. The van der Waals surface area contributed by atoms with Crippen molar-refractivity contribution in [1.82, 2.24) is 19.7 Å². The van der Waals surface area contributed by atoms with Crippen LogP contribution in [0.1, 0.15) is 24.5 Å². The molecule has 10 heteroatoms. The Morgan fingerprint density at radius 2 is 2.20 bits per heavy atom. The molecule has 0 radical (unpaired) electrons. The van der Waals surface area contributed by atoms with Gasteiger partial charge in [0.1, 0.15) is 11.5 Å². The number of amides is 1. The summed E-state index contributed by atoms with van der Waals surface area (Å²) >= 11 is 2.70. The predicted molar refractivity (Wildman–Crippen MR) is 118 cm³/mol. The van der Waals surface area contributed by atoms with Crippen LogP contribution in [0.3, 0.4) is 0 Å². The first-order chi connectivity index (χ1) is 14.5. The maximum Gasteiger partial charge on any atom is 0.236 e. The van der Waals surface area contributed by atoms with Crippen molar-refractivity contribution in [2.45, 2.75) is 31.7 Å². The van der Waals surface area contributed by atoms with Crippen molar-refractivity contribution in [3.05, 3.63) is 53.8 Å². The molecule has 2 aromatic heterocycles. The molecule has 2 heterocycles. The minimum atomic E-state index is -0.356. The monoisotopic (exact) mass is 445 g/mol. The van der Waals surface area contributed by atoms with E-state index < -0.39 is 0 Å². The molecule has 8 nitrogen and oxygen atoms in total. The average molecular weight is 446 g/mol. The number of hydrogen-bond donors (Lipinski definition) is 1. The third-order valence-corrected chi connectivity index (χ3v) is 5.81. The number of carbonyl (C=O) groups is 1. The first-order valence-electron chi connectivity index (χ1n) is 9.19. The van der Waals surface area contributed by atoms with Crippen molar-refractivity contribution in [2.24, 2.45) is 0 Å². The van der Waals surface area contributed by atoms with E-state index in [1.54, 1.807) is 13.2 Å². The van der Waals surface area contributed by atoms with Crippen molar-refractivity contribution in [2.75, 3.05) is 18.2 Å². The van der Waals surface area contributed by atoms with Gasteiger partial charge in [0.2, 0.25) is 5.91 Å². The Morgan fingerprint density at radius 3 is 2.90 bits per heavy atom. The minimum Gasteiger partial charge on any atom is -0.497 e.